The number of hydrogen-bond donors (Lipinski definition) is 0. The van der Waals surface area contributed by atoms with E-state index in [-0.39, 0.29) is 16.1 Å². The van der Waals surface area contributed by atoms with Gasteiger partial charge in [-0.1, -0.05) is 19.1 Å². The molecule has 0 aliphatic rings. The molecule has 0 heterocycles. The zero-order valence-electron chi connectivity index (χ0n) is 7.31. The Kier molecular flexibility index (Phi) is 3.60. The van der Waals surface area contributed by atoms with Crippen LogP contribution in [0.3, 0.4) is 0 Å². The average molecular weight is 245 g/mol. The van der Waals surface area contributed by atoms with Gasteiger partial charge in [0.05, 0.1) is 4.47 Å². The van der Waals surface area contributed by atoms with Crippen molar-refractivity contribution in [1.29, 1.82) is 0 Å². The largest absolute Gasteiger partial charge is 0.294 e. The van der Waals surface area contributed by atoms with Crippen LogP contribution in [0.1, 0.15) is 30.1 Å². The first kappa shape index (κ1) is 10.4. The van der Waals surface area contributed by atoms with Crippen LogP contribution in [0.25, 0.3) is 0 Å². The summed E-state index contributed by atoms with van der Waals surface area (Å²) in [6.07, 6.45) is 1.24. The molecule has 0 aliphatic heterocycles. The molecule has 1 aromatic carbocycles. The maximum atomic E-state index is 13.0. The second-order valence-corrected chi connectivity index (χ2v) is 3.57. The minimum atomic E-state index is -0.387. The lowest BCUT2D eigenvalue weighted by Crippen LogP contribution is -2.00. The van der Waals surface area contributed by atoms with Crippen molar-refractivity contribution in [3.05, 3.63) is 34.1 Å². The maximum Gasteiger partial charge on any atom is 0.164 e. The fraction of sp³-hybridized carbons (Fsp3) is 0.300. The van der Waals surface area contributed by atoms with Gasteiger partial charge in [-0.3, -0.25) is 4.79 Å². The molecule has 13 heavy (non-hydrogen) atoms. The second kappa shape index (κ2) is 4.51. The van der Waals surface area contributed by atoms with E-state index in [0.29, 0.717) is 12.0 Å². The highest BCUT2D eigenvalue weighted by Crippen LogP contribution is 2.21. The van der Waals surface area contributed by atoms with E-state index in [1.54, 1.807) is 12.1 Å². The van der Waals surface area contributed by atoms with Gasteiger partial charge in [-0.2, -0.15) is 0 Å². The lowest BCUT2D eigenvalue weighted by atomic mass is 10.1. The van der Waals surface area contributed by atoms with Crippen LogP contribution in [0.4, 0.5) is 4.39 Å². The van der Waals surface area contributed by atoms with E-state index < -0.39 is 0 Å². The average Bonchev–Trinajstić information content (AvgIpc) is 2.10. The lowest BCUT2D eigenvalue weighted by molar-refractivity contribution is 0.0980. The third-order valence-corrected chi connectivity index (χ3v) is 2.54. The molecule has 0 saturated heterocycles. The Hall–Kier alpha value is -0.700. The first-order valence-electron chi connectivity index (χ1n) is 4.14. The standard InChI is InChI=1S/C10H10BrFO/c1-2-4-9(13)7-5-3-6-8(12)10(7)11/h3,5-6H,2,4H2,1H3. The monoisotopic (exact) mass is 244 g/mol. The molecule has 0 bridgehead atoms. The van der Waals surface area contributed by atoms with E-state index in [2.05, 4.69) is 15.9 Å². The highest BCUT2D eigenvalue weighted by molar-refractivity contribution is 9.10. The van der Waals surface area contributed by atoms with Gasteiger partial charge in [0.1, 0.15) is 5.82 Å². The first-order valence-corrected chi connectivity index (χ1v) is 4.93. The predicted octanol–water partition coefficient (Wildman–Crippen LogP) is 3.57. The molecular formula is C10H10BrFO. The summed E-state index contributed by atoms with van der Waals surface area (Å²) in [5.41, 5.74) is 0.432. The molecule has 0 amide bonds. The molecule has 0 aliphatic carbocycles. The second-order valence-electron chi connectivity index (χ2n) is 2.77. The fourth-order valence-electron chi connectivity index (χ4n) is 1.08. The van der Waals surface area contributed by atoms with Crippen LogP contribution in [0.5, 0.6) is 0 Å². The molecule has 0 fully saturated rings. The zero-order valence-corrected chi connectivity index (χ0v) is 8.90. The highest BCUT2D eigenvalue weighted by atomic mass is 79.9. The molecule has 0 spiro atoms. The summed E-state index contributed by atoms with van der Waals surface area (Å²) in [6.45, 7) is 1.92. The minimum absolute atomic E-state index is 0.0196. The molecule has 3 heteroatoms. The molecule has 0 saturated carbocycles. The molecule has 1 rings (SSSR count). The predicted molar refractivity (Wildman–Crippen MR) is 53.3 cm³/mol. The number of carbonyl (C=O) groups excluding carboxylic acids is 1. The smallest absolute Gasteiger partial charge is 0.164 e. The summed E-state index contributed by atoms with van der Waals surface area (Å²) in [7, 11) is 0. The van der Waals surface area contributed by atoms with Crippen molar-refractivity contribution in [2.75, 3.05) is 0 Å². The van der Waals surface area contributed by atoms with Gasteiger partial charge in [-0.05, 0) is 28.4 Å². The minimum Gasteiger partial charge on any atom is -0.294 e. The van der Waals surface area contributed by atoms with Gasteiger partial charge < -0.3 is 0 Å². The summed E-state index contributed by atoms with van der Waals surface area (Å²) in [6, 6.07) is 4.50. The van der Waals surface area contributed by atoms with Gasteiger partial charge >= 0.3 is 0 Å². The number of benzene rings is 1. The van der Waals surface area contributed by atoms with Crippen molar-refractivity contribution < 1.29 is 9.18 Å². The SMILES string of the molecule is CCCC(=O)c1cccc(F)c1Br. The number of hydrogen-bond acceptors (Lipinski definition) is 1. The molecule has 0 N–H and O–H groups in total. The summed E-state index contributed by atoms with van der Waals surface area (Å²) in [4.78, 5) is 11.4. The first-order chi connectivity index (χ1) is 6.16. The van der Waals surface area contributed by atoms with E-state index in [9.17, 15) is 9.18 Å². The van der Waals surface area contributed by atoms with Crippen molar-refractivity contribution >= 4 is 21.7 Å². The lowest BCUT2D eigenvalue weighted by Gasteiger charge is -2.02. The number of carbonyl (C=O) groups is 1. The van der Waals surface area contributed by atoms with Gasteiger partial charge in [0.15, 0.2) is 5.78 Å². The fourth-order valence-corrected chi connectivity index (χ4v) is 1.57. The number of halogens is 2. The van der Waals surface area contributed by atoms with E-state index in [1.807, 2.05) is 6.92 Å². The molecule has 1 nitrogen and oxygen atoms in total. The van der Waals surface area contributed by atoms with Crippen LogP contribution in [0.15, 0.2) is 22.7 Å². The number of ketones is 1. The maximum absolute atomic E-state index is 13.0. The van der Waals surface area contributed by atoms with Gasteiger partial charge in [0.25, 0.3) is 0 Å². The topological polar surface area (TPSA) is 17.1 Å². The Morgan fingerprint density at radius 2 is 2.23 bits per heavy atom. The van der Waals surface area contributed by atoms with Gasteiger partial charge in [-0.15, -0.1) is 0 Å². The van der Waals surface area contributed by atoms with Crippen LogP contribution in [0.2, 0.25) is 0 Å². The molecule has 0 unspecified atom stereocenters. The Morgan fingerprint density at radius 3 is 2.85 bits per heavy atom. The van der Waals surface area contributed by atoms with Crippen LogP contribution in [0, 0.1) is 5.82 Å². The van der Waals surface area contributed by atoms with E-state index >= 15 is 0 Å². The molecule has 0 atom stereocenters. The molecule has 0 radical (unpaired) electrons. The molecular weight excluding hydrogens is 235 g/mol. The molecule has 1 aromatic rings. The Balaban J connectivity index is 3.01. The van der Waals surface area contributed by atoms with Crippen LogP contribution in [-0.2, 0) is 0 Å². The van der Waals surface area contributed by atoms with Crippen molar-refractivity contribution in [3.63, 3.8) is 0 Å². The number of rotatable bonds is 3. The van der Waals surface area contributed by atoms with E-state index in [1.165, 1.54) is 6.07 Å². The summed E-state index contributed by atoms with van der Waals surface area (Å²) in [5, 5.41) is 0. The third-order valence-electron chi connectivity index (χ3n) is 1.73. The van der Waals surface area contributed by atoms with Crippen molar-refractivity contribution in [2.24, 2.45) is 0 Å². The Labute approximate surface area is 85.1 Å². The van der Waals surface area contributed by atoms with Gasteiger partial charge in [0.2, 0.25) is 0 Å². The van der Waals surface area contributed by atoms with Gasteiger partial charge in [-0.25, -0.2) is 4.39 Å². The van der Waals surface area contributed by atoms with Gasteiger partial charge in [0, 0.05) is 12.0 Å². The summed E-state index contributed by atoms with van der Waals surface area (Å²) >= 11 is 3.05. The van der Waals surface area contributed by atoms with Crippen LogP contribution >= 0.6 is 15.9 Å². The highest BCUT2D eigenvalue weighted by Gasteiger charge is 2.11. The third kappa shape index (κ3) is 2.37. The van der Waals surface area contributed by atoms with Crippen LogP contribution < -0.4 is 0 Å². The zero-order chi connectivity index (χ0) is 9.84. The van der Waals surface area contributed by atoms with Crippen molar-refractivity contribution in [1.82, 2.24) is 0 Å². The van der Waals surface area contributed by atoms with Crippen molar-refractivity contribution in [3.8, 4) is 0 Å². The Morgan fingerprint density at radius 1 is 1.54 bits per heavy atom. The molecule has 70 valence electrons. The van der Waals surface area contributed by atoms with Crippen LogP contribution in [-0.4, -0.2) is 5.78 Å². The van der Waals surface area contributed by atoms with E-state index in [0.717, 1.165) is 6.42 Å². The van der Waals surface area contributed by atoms with E-state index in [4.69, 9.17) is 0 Å². The Bertz CT molecular complexity index is 323. The molecule has 0 aromatic heterocycles. The normalized spacial score (nSPS) is 10.1. The van der Waals surface area contributed by atoms with Crippen molar-refractivity contribution in [2.45, 2.75) is 19.8 Å². The summed E-state index contributed by atoms with van der Waals surface area (Å²) < 4.78 is 13.3. The summed E-state index contributed by atoms with van der Waals surface area (Å²) in [5.74, 6) is -0.407. The quantitative estimate of drug-likeness (QED) is 0.744. The number of Topliss-reactive ketones (excluding diaryl/α,β-unsaturated/α-hetero) is 1.